The van der Waals surface area contributed by atoms with Crippen molar-refractivity contribution < 1.29 is 13.7 Å². The van der Waals surface area contributed by atoms with Crippen molar-refractivity contribution >= 4 is 16.7 Å². The first kappa shape index (κ1) is 17.2. The quantitative estimate of drug-likeness (QED) is 0.849. The van der Waals surface area contributed by atoms with Crippen molar-refractivity contribution in [2.75, 3.05) is 12.9 Å². The molecule has 0 bridgehead atoms. The molecule has 4 nitrogen and oxygen atoms in total. The van der Waals surface area contributed by atoms with E-state index in [-0.39, 0.29) is 17.7 Å². The number of ether oxygens (including phenoxy) is 1. The van der Waals surface area contributed by atoms with Crippen LogP contribution >= 0.6 is 0 Å². The Morgan fingerprint density at radius 3 is 2.61 bits per heavy atom. The van der Waals surface area contributed by atoms with Gasteiger partial charge in [-0.15, -0.1) is 0 Å². The van der Waals surface area contributed by atoms with Crippen LogP contribution in [0.3, 0.4) is 0 Å². The highest BCUT2D eigenvalue weighted by Gasteiger charge is 2.13. The van der Waals surface area contributed by atoms with Gasteiger partial charge in [0.2, 0.25) is 5.91 Å². The Labute approximate surface area is 139 Å². The van der Waals surface area contributed by atoms with Gasteiger partial charge in [0.1, 0.15) is 11.5 Å². The molecule has 5 heteroatoms. The third kappa shape index (κ3) is 5.53. The monoisotopic (exact) mass is 331 g/mol. The van der Waals surface area contributed by atoms with Gasteiger partial charge in [0.05, 0.1) is 13.2 Å². The summed E-state index contributed by atoms with van der Waals surface area (Å²) in [5.41, 5.74) is 1.92. The number of amides is 1. The average molecular weight is 331 g/mol. The number of nitrogens with one attached hydrogen (secondary N) is 1. The second-order valence-electron chi connectivity index (χ2n) is 5.28. The topological polar surface area (TPSA) is 55.4 Å². The molecule has 0 aromatic heterocycles. The van der Waals surface area contributed by atoms with Crippen molar-refractivity contribution in [1.82, 2.24) is 5.32 Å². The van der Waals surface area contributed by atoms with E-state index in [0.717, 1.165) is 16.9 Å². The SMILES string of the molecule is COc1cccc(C[S@@](=O)CC(=O)N[C@@H](C)c2ccccc2)c1. The lowest BCUT2D eigenvalue weighted by Crippen LogP contribution is -2.31. The van der Waals surface area contributed by atoms with Crippen LogP contribution in [0, 0.1) is 0 Å². The molecule has 1 amide bonds. The third-order valence-electron chi connectivity index (χ3n) is 3.43. The number of carbonyl (C=O) groups is 1. The van der Waals surface area contributed by atoms with Gasteiger partial charge in [-0.25, -0.2) is 0 Å². The molecular formula is C18H21NO3S. The van der Waals surface area contributed by atoms with Gasteiger partial charge >= 0.3 is 0 Å². The van der Waals surface area contributed by atoms with E-state index in [2.05, 4.69) is 5.32 Å². The van der Waals surface area contributed by atoms with E-state index in [1.807, 2.05) is 61.5 Å². The first-order chi connectivity index (χ1) is 11.1. The Morgan fingerprint density at radius 1 is 1.17 bits per heavy atom. The lowest BCUT2D eigenvalue weighted by molar-refractivity contribution is -0.119. The minimum absolute atomic E-state index is 0.00557. The van der Waals surface area contributed by atoms with E-state index >= 15 is 0 Å². The normalized spacial score (nSPS) is 13.1. The fraction of sp³-hybridized carbons (Fsp3) is 0.278. The largest absolute Gasteiger partial charge is 0.497 e. The van der Waals surface area contributed by atoms with Crippen LogP contribution in [0.25, 0.3) is 0 Å². The van der Waals surface area contributed by atoms with Crippen LogP contribution in [0.1, 0.15) is 24.1 Å². The van der Waals surface area contributed by atoms with Crippen LogP contribution in [0.4, 0.5) is 0 Å². The van der Waals surface area contributed by atoms with E-state index in [4.69, 9.17) is 4.74 Å². The van der Waals surface area contributed by atoms with Crippen LogP contribution in [0.2, 0.25) is 0 Å². The van der Waals surface area contributed by atoms with Gasteiger partial charge in [0.25, 0.3) is 0 Å². The molecule has 0 aliphatic heterocycles. The number of rotatable bonds is 7. The molecule has 2 aromatic rings. The first-order valence-corrected chi connectivity index (χ1v) is 8.89. The molecule has 2 atom stereocenters. The van der Waals surface area contributed by atoms with Crippen molar-refractivity contribution in [3.63, 3.8) is 0 Å². The highest BCUT2D eigenvalue weighted by molar-refractivity contribution is 7.84. The van der Waals surface area contributed by atoms with Crippen molar-refractivity contribution in [3.05, 3.63) is 65.7 Å². The molecule has 2 aromatic carbocycles. The standard InChI is InChI=1S/C18H21NO3S/c1-14(16-8-4-3-5-9-16)19-18(20)13-23(21)12-15-7-6-10-17(11-15)22-2/h3-11,14H,12-13H2,1-2H3,(H,19,20)/t14-,23+/m0/s1. The zero-order valence-corrected chi connectivity index (χ0v) is 14.1. The van der Waals surface area contributed by atoms with E-state index in [9.17, 15) is 9.00 Å². The molecule has 0 saturated carbocycles. The van der Waals surface area contributed by atoms with Crippen LogP contribution in [-0.2, 0) is 21.3 Å². The van der Waals surface area contributed by atoms with Crippen molar-refractivity contribution in [2.24, 2.45) is 0 Å². The number of hydrogen-bond acceptors (Lipinski definition) is 3. The summed E-state index contributed by atoms with van der Waals surface area (Å²) in [5, 5.41) is 2.88. The number of methoxy groups -OCH3 is 1. The molecule has 2 rings (SSSR count). The van der Waals surface area contributed by atoms with Gasteiger partial charge < -0.3 is 10.1 Å². The summed E-state index contributed by atoms with van der Waals surface area (Å²) in [6, 6.07) is 17.0. The van der Waals surface area contributed by atoms with Gasteiger partial charge in [-0.2, -0.15) is 0 Å². The summed E-state index contributed by atoms with van der Waals surface area (Å²) in [6.07, 6.45) is 0. The van der Waals surface area contributed by atoms with E-state index in [1.54, 1.807) is 7.11 Å². The van der Waals surface area contributed by atoms with Crippen molar-refractivity contribution in [2.45, 2.75) is 18.7 Å². The molecule has 0 fully saturated rings. The maximum absolute atomic E-state index is 12.1. The predicted molar refractivity (Wildman–Crippen MR) is 92.7 cm³/mol. The summed E-state index contributed by atoms with van der Waals surface area (Å²) >= 11 is 0. The Morgan fingerprint density at radius 2 is 1.91 bits per heavy atom. The van der Waals surface area contributed by atoms with Gasteiger partial charge in [0.15, 0.2) is 0 Å². The van der Waals surface area contributed by atoms with Crippen LogP contribution < -0.4 is 10.1 Å². The molecule has 23 heavy (non-hydrogen) atoms. The summed E-state index contributed by atoms with van der Waals surface area (Å²) in [6.45, 7) is 1.91. The zero-order valence-electron chi connectivity index (χ0n) is 13.3. The van der Waals surface area contributed by atoms with E-state index < -0.39 is 10.8 Å². The average Bonchev–Trinajstić information content (AvgIpc) is 2.55. The van der Waals surface area contributed by atoms with Gasteiger partial charge in [0, 0.05) is 16.6 Å². The molecule has 122 valence electrons. The molecule has 0 aliphatic rings. The molecule has 1 N–H and O–H groups in total. The molecule has 0 aliphatic carbocycles. The fourth-order valence-electron chi connectivity index (χ4n) is 2.25. The Hall–Kier alpha value is -2.14. The Kier molecular flexibility index (Phi) is 6.35. The summed E-state index contributed by atoms with van der Waals surface area (Å²) in [4.78, 5) is 12.0. The van der Waals surface area contributed by atoms with Crippen LogP contribution in [-0.4, -0.2) is 23.0 Å². The minimum Gasteiger partial charge on any atom is -0.497 e. The number of benzene rings is 2. The van der Waals surface area contributed by atoms with E-state index in [0.29, 0.717) is 5.75 Å². The number of hydrogen-bond donors (Lipinski definition) is 1. The molecule has 0 spiro atoms. The van der Waals surface area contributed by atoms with Gasteiger partial charge in [-0.1, -0.05) is 42.5 Å². The molecule has 0 heterocycles. The summed E-state index contributed by atoms with van der Waals surface area (Å²) < 4.78 is 17.3. The van der Waals surface area contributed by atoms with Gasteiger partial charge in [-0.05, 0) is 30.2 Å². The Balaban J connectivity index is 1.86. The van der Waals surface area contributed by atoms with Gasteiger partial charge in [-0.3, -0.25) is 9.00 Å². The van der Waals surface area contributed by atoms with Crippen molar-refractivity contribution in [3.8, 4) is 5.75 Å². The van der Waals surface area contributed by atoms with E-state index in [1.165, 1.54) is 0 Å². The highest BCUT2D eigenvalue weighted by atomic mass is 32.2. The smallest absolute Gasteiger partial charge is 0.233 e. The second kappa shape index (κ2) is 8.48. The maximum atomic E-state index is 12.1. The van der Waals surface area contributed by atoms with Crippen molar-refractivity contribution in [1.29, 1.82) is 0 Å². The predicted octanol–water partition coefficient (Wildman–Crippen LogP) is 2.82. The minimum atomic E-state index is -1.25. The molecule has 0 unspecified atom stereocenters. The second-order valence-corrected chi connectivity index (χ2v) is 6.74. The lowest BCUT2D eigenvalue weighted by Gasteiger charge is -2.14. The number of carbonyl (C=O) groups excluding carboxylic acids is 1. The Bertz CT molecular complexity index is 673. The summed E-state index contributed by atoms with van der Waals surface area (Å²) in [7, 11) is 0.340. The third-order valence-corrected chi connectivity index (χ3v) is 4.67. The lowest BCUT2D eigenvalue weighted by atomic mass is 10.1. The molecule has 0 radical (unpaired) electrons. The first-order valence-electron chi connectivity index (χ1n) is 7.40. The summed E-state index contributed by atoms with van der Waals surface area (Å²) in [5.74, 6) is 0.850. The maximum Gasteiger partial charge on any atom is 0.233 e. The highest BCUT2D eigenvalue weighted by Crippen LogP contribution is 2.14. The van der Waals surface area contributed by atoms with Crippen LogP contribution in [0.15, 0.2) is 54.6 Å². The fourth-order valence-corrected chi connectivity index (χ4v) is 3.28. The molecular weight excluding hydrogens is 310 g/mol. The molecule has 0 saturated heterocycles. The van der Waals surface area contributed by atoms with Crippen LogP contribution in [0.5, 0.6) is 5.75 Å². The zero-order chi connectivity index (χ0) is 16.7.